The zero-order valence-corrected chi connectivity index (χ0v) is 12.0. The van der Waals surface area contributed by atoms with Crippen LogP contribution in [0.5, 0.6) is 0 Å². The highest BCUT2D eigenvalue weighted by Gasteiger charge is 2.22. The van der Waals surface area contributed by atoms with Crippen LogP contribution in [-0.4, -0.2) is 51.8 Å². The van der Waals surface area contributed by atoms with Gasteiger partial charge in [-0.25, -0.2) is 0 Å². The van der Waals surface area contributed by atoms with Crippen molar-refractivity contribution in [3.05, 3.63) is 5.01 Å². The molecule has 0 spiro atoms. The summed E-state index contributed by atoms with van der Waals surface area (Å²) in [5, 5.41) is 21.5. The van der Waals surface area contributed by atoms with Gasteiger partial charge >= 0.3 is 0 Å². The summed E-state index contributed by atoms with van der Waals surface area (Å²) in [5.74, 6) is -0.223. The lowest BCUT2D eigenvalue weighted by molar-refractivity contribution is 0.0367. The van der Waals surface area contributed by atoms with Gasteiger partial charge in [-0.05, 0) is 20.3 Å². The Bertz CT molecular complexity index is 400. The monoisotopic (exact) mass is 272 g/mol. The summed E-state index contributed by atoms with van der Waals surface area (Å²) < 4.78 is 0. The van der Waals surface area contributed by atoms with E-state index in [1.165, 1.54) is 16.2 Å². The molecular formula is C11H20N4O2S. The lowest BCUT2D eigenvalue weighted by atomic mass is 10.1. The van der Waals surface area contributed by atoms with Gasteiger partial charge in [-0.15, -0.1) is 10.2 Å². The fraction of sp³-hybridized carbons (Fsp3) is 0.727. The van der Waals surface area contributed by atoms with E-state index in [9.17, 15) is 9.90 Å². The summed E-state index contributed by atoms with van der Waals surface area (Å²) in [6.07, 6.45) is 0.988. The Kier molecular flexibility index (Phi) is 5.03. The maximum absolute atomic E-state index is 12.0. The highest BCUT2D eigenvalue weighted by molar-refractivity contribution is 7.17. The van der Waals surface area contributed by atoms with Crippen molar-refractivity contribution in [3.63, 3.8) is 0 Å². The predicted molar refractivity (Wildman–Crippen MR) is 71.9 cm³/mol. The minimum atomic E-state index is -0.918. The highest BCUT2D eigenvalue weighted by atomic mass is 32.1. The van der Waals surface area contributed by atoms with Gasteiger partial charge in [-0.2, -0.15) is 0 Å². The average molecular weight is 272 g/mol. The van der Waals surface area contributed by atoms with E-state index in [0.717, 1.165) is 13.0 Å². The lowest BCUT2D eigenvalue weighted by Gasteiger charge is -2.24. The first-order valence-electron chi connectivity index (χ1n) is 5.88. The smallest absolute Gasteiger partial charge is 0.284 e. The van der Waals surface area contributed by atoms with E-state index in [1.807, 2.05) is 0 Å². The first-order chi connectivity index (χ1) is 8.33. The topological polar surface area (TPSA) is 78.4 Å². The Labute approximate surface area is 111 Å². The van der Waals surface area contributed by atoms with Crippen molar-refractivity contribution < 1.29 is 9.90 Å². The SMILES string of the molecule is CCCNc1nnc(C(=O)N(C)CC(C)(C)O)s1. The number of aromatic nitrogens is 2. The number of hydrogen-bond acceptors (Lipinski definition) is 6. The van der Waals surface area contributed by atoms with Gasteiger partial charge in [0.05, 0.1) is 5.60 Å². The Hall–Kier alpha value is -1.21. The molecule has 1 aromatic rings. The first kappa shape index (κ1) is 14.8. The zero-order chi connectivity index (χ0) is 13.8. The molecule has 0 aliphatic heterocycles. The first-order valence-corrected chi connectivity index (χ1v) is 6.70. The second-order valence-electron chi connectivity index (χ2n) is 4.81. The number of carbonyl (C=O) groups is 1. The molecule has 0 aliphatic rings. The van der Waals surface area contributed by atoms with Crippen LogP contribution in [0.3, 0.4) is 0 Å². The van der Waals surface area contributed by atoms with Crippen molar-refractivity contribution >= 4 is 22.4 Å². The molecule has 18 heavy (non-hydrogen) atoms. The molecular weight excluding hydrogens is 252 g/mol. The van der Waals surface area contributed by atoms with Crippen molar-refractivity contribution in [2.45, 2.75) is 32.8 Å². The van der Waals surface area contributed by atoms with Crippen molar-refractivity contribution in [1.29, 1.82) is 0 Å². The van der Waals surface area contributed by atoms with E-state index in [2.05, 4.69) is 22.4 Å². The van der Waals surface area contributed by atoms with Gasteiger partial charge < -0.3 is 15.3 Å². The number of amides is 1. The third-order valence-corrected chi connectivity index (χ3v) is 2.97. The summed E-state index contributed by atoms with van der Waals surface area (Å²) in [7, 11) is 1.64. The van der Waals surface area contributed by atoms with Crippen LogP contribution in [0.1, 0.15) is 37.0 Å². The predicted octanol–water partition coefficient (Wildman–Crippen LogP) is 1.20. The van der Waals surface area contributed by atoms with Gasteiger partial charge in [-0.3, -0.25) is 4.79 Å². The van der Waals surface area contributed by atoms with Crippen LogP contribution in [0.25, 0.3) is 0 Å². The Morgan fingerprint density at radius 1 is 1.50 bits per heavy atom. The van der Waals surface area contributed by atoms with E-state index < -0.39 is 5.60 Å². The molecule has 0 atom stereocenters. The Morgan fingerprint density at radius 3 is 2.72 bits per heavy atom. The second-order valence-corrected chi connectivity index (χ2v) is 5.79. The van der Waals surface area contributed by atoms with Crippen LogP contribution in [0.2, 0.25) is 0 Å². The van der Waals surface area contributed by atoms with Gasteiger partial charge in [0.1, 0.15) is 0 Å². The number of anilines is 1. The maximum atomic E-state index is 12.0. The standard InChI is InChI=1S/C11H20N4O2S/c1-5-6-12-10-14-13-8(18-10)9(16)15(4)7-11(2,3)17/h17H,5-7H2,1-4H3,(H,12,14). The quantitative estimate of drug-likeness (QED) is 0.813. The largest absolute Gasteiger partial charge is 0.389 e. The van der Waals surface area contributed by atoms with E-state index >= 15 is 0 Å². The van der Waals surface area contributed by atoms with Gasteiger partial charge in [0, 0.05) is 20.1 Å². The second kappa shape index (κ2) is 6.10. The molecule has 6 nitrogen and oxygen atoms in total. The molecule has 2 N–H and O–H groups in total. The number of hydrogen-bond donors (Lipinski definition) is 2. The zero-order valence-electron chi connectivity index (χ0n) is 11.2. The summed E-state index contributed by atoms with van der Waals surface area (Å²) in [4.78, 5) is 13.5. The minimum absolute atomic E-state index is 0.223. The molecule has 0 radical (unpaired) electrons. The normalized spacial score (nSPS) is 11.4. The molecule has 1 amide bonds. The van der Waals surface area contributed by atoms with E-state index in [4.69, 9.17) is 0 Å². The van der Waals surface area contributed by atoms with Crippen LogP contribution in [-0.2, 0) is 0 Å². The summed E-state index contributed by atoms with van der Waals surface area (Å²) in [6, 6.07) is 0. The van der Waals surface area contributed by atoms with Crippen LogP contribution in [0, 0.1) is 0 Å². The molecule has 1 aromatic heterocycles. The van der Waals surface area contributed by atoms with Gasteiger partial charge in [0.25, 0.3) is 5.91 Å². The number of likely N-dealkylation sites (N-methyl/N-ethyl adjacent to an activating group) is 1. The summed E-state index contributed by atoms with van der Waals surface area (Å²) in [5.41, 5.74) is -0.918. The lowest BCUT2D eigenvalue weighted by Crippen LogP contribution is -2.39. The van der Waals surface area contributed by atoms with Gasteiger partial charge in [-0.1, -0.05) is 18.3 Å². The highest BCUT2D eigenvalue weighted by Crippen LogP contribution is 2.17. The summed E-state index contributed by atoms with van der Waals surface area (Å²) in [6.45, 7) is 6.43. The Balaban J connectivity index is 2.63. The molecule has 0 bridgehead atoms. The van der Waals surface area contributed by atoms with Gasteiger partial charge in [0.15, 0.2) is 0 Å². The van der Waals surface area contributed by atoms with Crippen LogP contribution >= 0.6 is 11.3 Å². The fourth-order valence-electron chi connectivity index (χ4n) is 1.43. The van der Waals surface area contributed by atoms with Crippen LogP contribution in [0.15, 0.2) is 0 Å². The molecule has 0 aromatic carbocycles. The van der Waals surface area contributed by atoms with E-state index in [0.29, 0.717) is 10.1 Å². The number of nitrogens with one attached hydrogen (secondary N) is 1. The van der Waals surface area contributed by atoms with Crippen LogP contribution in [0.4, 0.5) is 5.13 Å². The minimum Gasteiger partial charge on any atom is -0.389 e. The third-order valence-electron chi connectivity index (χ3n) is 2.10. The molecule has 0 saturated heterocycles. The van der Waals surface area contributed by atoms with Crippen molar-refractivity contribution in [2.75, 3.05) is 25.5 Å². The number of nitrogens with zero attached hydrogens (tertiary/aromatic N) is 3. The number of aliphatic hydroxyl groups is 1. The molecule has 0 unspecified atom stereocenters. The fourth-order valence-corrected chi connectivity index (χ4v) is 2.19. The third kappa shape index (κ3) is 4.58. The molecule has 0 saturated carbocycles. The van der Waals surface area contributed by atoms with Gasteiger partial charge in [0.2, 0.25) is 10.1 Å². The van der Waals surface area contributed by atoms with E-state index in [1.54, 1.807) is 20.9 Å². The molecule has 1 heterocycles. The van der Waals surface area contributed by atoms with E-state index in [-0.39, 0.29) is 12.5 Å². The molecule has 1 rings (SSSR count). The molecule has 7 heteroatoms. The van der Waals surface area contributed by atoms with Crippen molar-refractivity contribution in [2.24, 2.45) is 0 Å². The average Bonchev–Trinajstić information content (AvgIpc) is 2.71. The Morgan fingerprint density at radius 2 is 2.17 bits per heavy atom. The molecule has 0 fully saturated rings. The summed E-state index contributed by atoms with van der Waals surface area (Å²) >= 11 is 1.23. The van der Waals surface area contributed by atoms with Crippen molar-refractivity contribution in [3.8, 4) is 0 Å². The number of carbonyl (C=O) groups excluding carboxylic acids is 1. The number of rotatable bonds is 6. The molecule has 102 valence electrons. The van der Waals surface area contributed by atoms with Crippen LogP contribution < -0.4 is 5.32 Å². The van der Waals surface area contributed by atoms with Crippen molar-refractivity contribution in [1.82, 2.24) is 15.1 Å². The maximum Gasteiger partial charge on any atom is 0.284 e. The molecule has 0 aliphatic carbocycles.